The van der Waals surface area contributed by atoms with Crippen LogP contribution in [0.15, 0.2) is 29.7 Å². The van der Waals surface area contributed by atoms with Crippen molar-refractivity contribution in [1.82, 2.24) is 4.90 Å². The van der Waals surface area contributed by atoms with Crippen LogP contribution in [-0.2, 0) is 18.0 Å². The summed E-state index contributed by atoms with van der Waals surface area (Å²) in [5.74, 6) is 0.967. The molecular weight excluding hydrogens is 527 g/mol. The molecule has 0 amide bonds. The summed E-state index contributed by atoms with van der Waals surface area (Å²) < 4.78 is 27.9. The van der Waals surface area contributed by atoms with Gasteiger partial charge < -0.3 is 28.6 Å². The first-order valence-electron chi connectivity index (χ1n) is 14.0. The standard InChI is InChI=1S/C28H57N3O4Si3/c1-20-30-22(29)17-18-31(20)25-24(35-38(15,16)28(8,9)10)23(34-37(13,14)27(5,6)7)21(33-25)19-32-36(11,12)26(2,3)4/h17-18,21,23-25H,1,19H2,2-16H3,(H2,29,30)/t21-,23+,24?,25-/m1/s1. The molecule has 2 N–H and O–H groups in total. The fourth-order valence-electron chi connectivity index (χ4n) is 3.59. The largest absolute Gasteiger partial charge is 0.414 e. The molecule has 0 aliphatic carbocycles. The van der Waals surface area contributed by atoms with E-state index < -0.39 is 31.2 Å². The quantitative estimate of drug-likeness (QED) is 0.305. The number of nitrogens with two attached hydrogens (primary N) is 1. The van der Waals surface area contributed by atoms with Gasteiger partial charge in [-0.1, -0.05) is 68.9 Å². The second-order valence-electron chi connectivity index (χ2n) is 15.5. The lowest BCUT2D eigenvalue weighted by molar-refractivity contribution is -0.0654. The van der Waals surface area contributed by atoms with Gasteiger partial charge in [0.15, 0.2) is 31.2 Å². The summed E-state index contributed by atoms with van der Waals surface area (Å²) in [6.45, 7) is 38.7. The summed E-state index contributed by atoms with van der Waals surface area (Å²) in [7, 11) is -6.42. The van der Waals surface area contributed by atoms with Crippen LogP contribution in [0.2, 0.25) is 54.4 Å². The van der Waals surface area contributed by atoms with Crippen LogP contribution in [0, 0.1) is 0 Å². The van der Waals surface area contributed by atoms with Crippen molar-refractivity contribution in [2.45, 2.75) is 141 Å². The molecule has 1 fully saturated rings. The van der Waals surface area contributed by atoms with Crippen molar-refractivity contribution in [2.24, 2.45) is 10.7 Å². The topological polar surface area (TPSA) is 78.5 Å². The van der Waals surface area contributed by atoms with E-state index in [1.165, 1.54) is 0 Å². The maximum atomic E-state index is 7.18. The Bertz CT molecular complexity index is 927. The Balaban J connectivity index is 2.58. The lowest BCUT2D eigenvalue weighted by Crippen LogP contribution is -2.56. The van der Waals surface area contributed by atoms with E-state index in [0.29, 0.717) is 18.3 Å². The zero-order valence-electron chi connectivity index (χ0n) is 27.0. The van der Waals surface area contributed by atoms with Crippen molar-refractivity contribution >= 4 is 30.8 Å². The number of amidine groups is 1. The summed E-state index contributed by atoms with van der Waals surface area (Å²) in [4.78, 5) is 6.38. The average Bonchev–Trinajstić information content (AvgIpc) is 3.00. The molecule has 0 radical (unpaired) electrons. The SMILES string of the molecule is C=C1N=C(N)C=CN1[C@@H]1O[C@H](CO[Si](C)(C)C(C)(C)C)[C@H](O[Si](C)(C)C(C)(C)C)C1O[Si](C)(C)C(C)(C)C. The summed E-state index contributed by atoms with van der Waals surface area (Å²) in [6, 6.07) is 0. The Morgan fingerprint density at radius 1 is 0.842 bits per heavy atom. The molecule has 10 heteroatoms. The molecule has 38 heavy (non-hydrogen) atoms. The lowest BCUT2D eigenvalue weighted by Gasteiger charge is -2.45. The van der Waals surface area contributed by atoms with E-state index in [2.05, 4.69) is 113 Å². The number of rotatable bonds is 8. The van der Waals surface area contributed by atoms with E-state index >= 15 is 0 Å². The molecule has 2 heterocycles. The van der Waals surface area contributed by atoms with Crippen LogP contribution in [0.3, 0.4) is 0 Å². The lowest BCUT2D eigenvalue weighted by atomic mass is 10.1. The van der Waals surface area contributed by atoms with Crippen LogP contribution in [-0.4, -0.2) is 66.8 Å². The first-order chi connectivity index (χ1) is 16.8. The molecule has 2 aliphatic rings. The van der Waals surface area contributed by atoms with E-state index in [4.69, 9.17) is 23.7 Å². The molecule has 0 saturated carbocycles. The minimum absolute atomic E-state index is 0.0200. The van der Waals surface area contributed by atoms with Gasteiger partial charge in [-0.25, -0.2) is 4.99 Å². The molecule has 0 bridgehead atoms. The summed E-state index contributed by atoms with van der Waals surface area (Å²) in [6.07, 6.45) is 2.32. The van der Waals surface area contributed by atoms with Gasteiger partial charge in [-0.15, -0.1) is 0 Å². The van der Waals surface area contributed by atoms with Gasteiger partial charge in [0.05, 0.1) is 6.61 Å². The van der Waals surface area contributed by atoms with Gasteiger partial charge in [0.25, 0.3) is 0 Å². The smallest absolute Gasteiger partial charge is 0.192 e. The fourth-order valence-corrected chi connectivity index (χ4v) is 7.21. The van der Waals surface area contributed by atoms with Gasteiger partial charge in [-0.05, 0) is 60.5 Å². The monoisotopic (exact) mass is 583 g/mol. The summed E-state index contributed by atoms with van der Waals surface area (Å²) >= 11 is 0. The number of ether oxygens (including phenoxy) is 1. The highest BCUT2D eigenvalue weighted by Crippen LogP contribution is 2.45. The molecular formula is C28H57N3O4Si3. The highest BCUT2D eigenvalue weighted by Gasteiger charge is 2.55. The molecule has 0 aromatic carbocycles. The van der Waals surface area contributed by atoms with Crippen molar-refractivity contribution < 1.29 is 18.0 Å². The van der Waals surface area contributed by atoms with Crippen LogP contribution >= 0.6 is 0 Å². The Morgan fingerprint density at radius 2 is 1.29 bits per heavy atom. The van der Waals surface area contributed by atoms with Gasteiger partial charge in [0.1, 0.15) is 30.0 Å². The minimum Gasteiger partial charge on any atom is -0.414 e. The molecule has 1 saturated heterocycles. The van der Waals surface area contributed by atoms with Gasteiger partial charge in [-0.2, -0.15) is 0 Å². The van der Waals surface area contributed by atoms with Crippen molar-refractivity contribution in [3.8, 4) is 0 Å². The van der Waals surface area contributed by atoms with Crippen molar-refractivity contribution in [3.05, 3.63) is 24.7 Å². The second-order valence-corrected chi connectivity index (χ2v) is 29.8. The van der Waals surface area contributed by atoms with E-state index in [1.54, 1.807) is 6.08 Å². The number of nitrogens with zero attached hydrogens (tertiary/aromatic N) is 2. The number of hydrogen-bond donors (Lipinski definition) is 1. The Hall–Kier alpha value is -0.759. The van der Waals surface area contributed by atoms with E-state index in [-0.39, 0.29) is 33.4 Å². The molecule has 0 aromatic rings. The van der Waals surface area contributed by atoms with Gasteiger partial charge in [-0.3, -0.25) is 0 Å². The maximum absolute atomic E-state index is 7.18. The van der Waals surface area contributed by atoms with Crippen LogP contribution in [0.4, 0.5) is 0 Å². The van der Waals surface area contributed by atoms with Crippen molar-refractivity contribution in [3.63, 3.8) is 0 Å². The molecule has 2 rings (SSSR count). The predicted molar refractivity (Wildman–Crippen MR) is 168 cm³/mol. The molecule has 220 valence electrons. The van der Waals surface area contributed by atoms with Gasteiger partial charge in [0, 0.05) is 6.20 Å². The third-order valence-electron chi connectivity index (χ3n) is 9.41. The van der Waals surface area contributed by atoms with Crippen LogP contribution in [0.5, 0.6) is 0 Å². The van der Waals surface area contributed by atoms with Crippen molar-refractivity contribution in [2.75, 3.05) is 6.61 Å². The first-order valence-corrected chi connectivity index (χ1v) is 22.7. The molecule has 7 nitrogen and oxygen atoms in total. The third kappa shape index (κ3) is 7.30. The first kappa shape index (κ1) is 33.4. The second kappa shape index (κ2) is 10.9. The normalized spacial score (nSPS) is 26.2. The Morgan fingerprint density at radius 3 is 1.71 bits per heavy atom. The van der Waals surface area contributed by atoms with Crippen LogP contribution < -0.4 is 5.73 Å². The molecule has 4 atom stereocenters. The molecule has 0 spiro atoms. The number of aliphatic imine (C=N–C) groups is 1. The summed E-state index contributed by atoms with van der Waals surface area (Å²) in [5.41, 5.74) is 5.98. The average molecular weight is 584 g/mol. The van der Waals surface area contributed by atoms with E-state index in [9.17, 15) is 0 Å². The van der Waals surface area contributed by atoms with Crippen LogP contribution in [0.1, 0.15) is 62.3 Å². The number of hydrogen-bond acceptors (Lipinski definition) is 7. The highest BCUT2D eigenvalue weighted by atomic mass is 28.4. The van der Waals surface area contributed by atoms with Gasteiger partial charge >= 0.3 is 0 Å². The van der Waals surface area contributed by atoms with Gasteiger partial charge in [0.2, 0.25) is 0 Å². The Kier molecular flexibility index (Phi) is 9.60. The zero-order chi connectivity index (χ0) is 29.7. The van der Waals surface area contributed by atoms with Crippen molar-refractivity contribution in [1.29, 1.82) is 0 Å². The highest BCUT2D eigenvalue weighted by molar-refractivity contribution is 6.75. The summed E-state index contributed by atoms with van der Waals surface area (Å²) in [5, 5.41) is 0.144. The Labute approximate surface area is 236 Å². The third-order valence-corrected chi connectivity index (χ3v) is 22.9. The van der Waals surface area contributed by atoms with E-state index in [0.717, 1.165) is 0 Å². The molecule has 0 aromatic heterocycles. The maximum Gasteiger partial charge on any atom is 0.192 e. The molecule has 1 unspecified atom stereocenters. The fraction of sp³-hybridized carbons (Fsp3) is 0.821. The zero-order valence-corrected chi connectivity index (χ0v) is 30.0. The van der Waals surface area contributed by atoms with E-state index in [1.807, 2.05) is 11.1 Å². The predicted octanol–water partition coefficient (Wildman–Crippen LogP) is 7.17. The van der Waals surface area contributed by atoms with Crippen LogP contribution in [0.25, 0.3) is 0 Å². The molecule has 2 aliphatic heterocycles. The minimum atomic E-state index is -2.21.